The van der Waals surface area contributed by atoms with Crippen LogP contribution in [0.15, 0.2) is 42.5 Å². The summed E-state index contributed by atoms with van der Waals surface area (Å²) in [6, 6.07) is 15.0. The van der Waals surface area contributed by atoms with Crippen LogP contribution in [0.5, 0.6) is 5.75 Å². The van der Waals surface area contributed by atoms with Crippen molar-refractivity contribution in [2.75, 3.05) is 61.6 Å². The van der Waals surface area contributed by atoms with E-state index in [9.17, 15) is 4.79 Å². The molecule has 0 radical (unpaired) electrons. The maximum Gasteiger partial charge on any atom is 0.142 e. The highest BCUT2D eigenvalue weighted by atomic mass is 16.5. The molecule has 2 heterocycles. The molecule has 0 spiro atoms. The molecule has 1 saturated heterocycles. The minimum Gasteiger partial charge on any atom is -0.495 e. The van der Waals surface area contributed by atoms with E-state index < -0.39 is 0 Å². The van der Waals surface area contributed by atoms with Gasteiger partial charge in [-0.05, 0) is 49.1 Å². The molecule has 0 N–H and O–H groups in total. The summed E-state index contributed by atoms with van der Waals surface area (Å²) in [6.45, 7) is 11.1. The van der Waals surface area contributed by atoms with Gasteiger partial charge in [-0.2, -0.15) is 0 Å². The van der Waals surface area contributed by atoms with E-state index in [-0.39, 0.29) is 0 Å². The Bertz CT molecular complexity index is 1190. The van der Waals surface area contributed by atoms with Crippen molar-refractivity contribution in [3.8, 4) is 5.75 Å². The highest BCUT2D eigenvalue weighted by molar-refractivity contribution is 5.92. The molecule has 0 bridgehead atoms. The second-order valence-electron chi connectivity index (χ2n) is 10.4. The monoisotopic (exact) mass is 503 g/mol. The lowest BCUT2D eigenvalue weighted by Crippen LogP contribution is -2.47. The highest BCUT2D eigenvalue weighted by Gasteiger charge is 2.29. The van der Waals surface area contributed by atoms with Crippen molar-refractivity contribution < 1.29 is 9.53 Å². The highest BCUT2D eigenvalue weighted by Crippen LogP contribution is 2.40. The lowest BCUT2D eigenvalue weighted by Gasteiger charge is -2.37. The normalized spacial score (nSPS) is 15.4. The maximum absolute atomic E-state index is 9.17. The van der Waals surface area contributed by atoms with Crippen molar-refractivity contribution in [2.45, 2.75) is 46.0 Å². The predicted molar refractivity (Wildman–Crippen MR) is 153 cm³/mol. The largest absolute Gasteiger partial charge is 0.495 e. The van der Waals surface area contributed by atoms with E-state index in [1.54, 1.807) is 7.11 Å². The number of ether oxygens (including phenoxy) is 1. The quantitative estimate of drug-likeness (QED) is 0.375. The Balaban J connectivity index is 0.000000747. The van der Waals surface area contributed by atoms with Gasteiger partial charge in [0, 0.05) is 63.2 Å². The van der Waals surface area contributed by atoms with Crippen molar-refractivity contribution in [3.05, 3.63) is 48.3 Å². The van der Waals surface area contributed by atoms with Crippen molar-refractivity contribution in [2.24, 2.45) is 5.92 Å². The Morgan fingerprint density at radius 1 is 1.05 bits per heavy atom. The number of anilines is 3. The third kappa shape index (κ3) is 6.51. The van der Waals surface area contributed by atoms with Crippen LogP contribution < -0.4 is 19.4 Å². The molecule has 7 nitrogen and oxygen atoms in total. The first kappa shape index (κ1) is 26.7. The number of carbonyl (C=O) groups is 1. The van der Waals surface area contributed by atoms with E-state index in [2.05, 4.69) is 65.9 Å². The summed E-state index contributed by atoms with van der Waals surface area (Å²) >= 11 is 0. The number of benzene rings is 2. The zero-order valence-electron chi connectivity index (χ0n) is 23.0. The number of hydrogen-bond donors (Lipinski definition) is 0. The number of rotatable bonds is 8. The van der Waals surface area contributed by atoms with Gasteiger partial charge < -0.3 is 24.2 Å². The second-order valence-corrected chi connectivity index (χ2v) is 10.4. The summed E-state index contributed by atoms with van der Waals surface area (Å²) < 4.78 is 5.60. The lowest BCUT2D eigenvalue weighted by atomic mass is 10.1. The van der Waals surface area contributed by atoms with Crippen LogP contribution in [-0.2, 0) is 4.79 Å². The Kier molecular flexibility index (Phi) is 8.85. The molecule has 3 aromatic rings. The van der Waals surface area contributed by atoms with Crippen molar-refractivity contribution in [1.29, 1.82) is 0 Å². The maximum atomic E-state index is 9.17. The molecule has 2 aliphatic rings. The molecular weight excluding hydrogens is 462 g/mol. The van der Waals surface area contributed by atoms with E-state index in [4.69, 9.17) is 14.7 Å². The third-order valence-electron chi connectivity index (χ3n) is 6.87. The van der Waals surface area contributed by atoms with E-state index in [1.165, 1.54) is 29.6 Å². The average Bonchev–Trinajstić information content (AvgIpc) is 3.78. The van der Waals surface area contributed by atoms with Crippen LogP contribution in [0.4, 0.5) is 17.2 Å². The predicted octanol–water partition coefficient (Wildman–Crippen LogP) is 5.53. The molecule has 5 rings (SSSR count). The molecule has 1 aliphatic heterocycles. The fourth-order valence-electron chi connectivity index (χ4n) is 4.82. The standard InChI is InChI=1S/C27H35N5O.C3H6O/c1-19(2)18-30(3)21-11-12-23-22(17-21)27(29-26(28-23)20-9-10-20)32-15-13-31(14-16-32)24-7-5-6-8-25(24)33-4;1-2-3-4/h5-8,11-12,17,19-20H,9-10,13-16,18H2,1-4H3;3H,2H2,1H3. The number of hydrogen-bond acceptors (Lipinski definition) is 7. The summed E-state index contributed by atoms with van der Waals surface area (Å²) in [7, 11) is 3.92. The van der Waals surface area contributed by atoms with Gasteiger partial charge in [0.1, 0.15) is 23.7 Å². The minimum absolute atomic E-state index is 0.534. The summed E-state index contributed by atoms with van der Waals surface area (Å²) in [5.41, 5.74) is 3.46. The van der Waals surface area contributed by atoms with Crippen LogP contribution in [0.25, 0.3) is 10.9 Å². The number of carbonyl (C=O) groups excluding carboxylic acids is 1. The van der Waals surface area contributed by atoms with Crippen molar-refractivity contribution in [3.63, 3.8) is 0 Å². The van der Waals surface area contributed by atoms with Gasteiger partial charge >= 0.3 is 0 Å². The Labute approximate surface area is 221 Å². The van der Waals surface area contributed by atoms with Crippen LogP contribution >= 0.6 is 0 Å². The van der Waals surface area contributed by atoms with Crippen molar-refractivity contribution >= 4 is 34.4 Å². The molecule has 2 fully saturated rings. The average molecular weight is 504 g/mol. The van der Waals surface area contributed by atoms with Crippen LogP contribution in [0, 0.1) is 5.92 Å². The van der Waals surface area contributed by atoms with Gasteiger partial charge in [0.25, 0.3) is 0 Å². The van der Waals surface area contributed by atoms with Gasteiger partial charge in [-0.3, -0.25) is 0 Å². The number of aromatic nitrogens is 2. The molecule has 0 unspecified atom stereocenters. The fourth-order valence-corrected chi connectivity index (χ4v) is 4.82. The van der Waals surface area contributed by atoms with Gasteiger partial charge in [-0.1, -0.05) is 32.9 Å². The van der Waals surface area contributed by atoms with Gasteiger partial charge in [0.05, 0.1) is 18.3 Å². The lowest BCUT2D eigenvalue weighted by molar-refractivity contribution is -0.107. The molecule has 1 aliphatic carbocycles. The van der Waals surface area contributed by atoms with Gasteiger partial charge in [0.15, 0.2) is 0 Å². The SMILES string of the molecule is CCC=O.COc1ccccc1N1CCN(c2nc(C3CC3)nc3ccc(N(C)CC(C)C)cc23)CC1. The van der Waals surface area contributed by atoms with Crippen LogP contribution in [0.1, 0.15) is 51.8 Å². The number of fused-ring (bicyclic) bond motifs is 1. The molecule has 0 amide bonds. The zero-order valence-corrected chi connectivity index (χ0v) is 23.0. The minimum atomic E-state index is 0.534. The third-order valence-corrected chi connectivity index (χ3v) is 6.87. The number of methoxy groups -OCH3 is 1. The second kappa shape index (κ2) is 12.3. The summed E-state index contributed by atoms with van der Waals surface area (Å²) in [5, 5.41) is 1.17. The molecule has 1 aromatic heterocycles. The first-order valence-electron chi connectivity index (χ1n) is 13.5. The van der Waals surface area contributed by atoms with E-state index in [1.807, 2.05) is 19.1 Å². The van der Waals surface area contributed by atoms with Crippen LogP contribution in [0.2, 0.25) is 0 Å². The van der Waals surface area contributed by atoms with Gasteiger partial charge in [0.2, 0.25) is 0 Å². The summed E-state index contributed by atoms with van der Waals surface area (Å²) in [4.78, 5) is 26.5. The molecular formula is C30H41N5O2. The van der Waals surface area contributed by atoms with Gasteiger partial charge in [-0.15, -0.1) is 0 Å². The molecule has 37 heavy (non-hydrogen) atoms. The Morgan fingerprint density at radius 3 is 2.35 bits per heavy atom. The number of aldehydes is 1. The molecule has 0 atom stereocenters. The first-order chi connectivity index (χ1) is 17.9. The topological polar surface area (TPSA) is 61.8 Å². The van der Waals surface area contributed by atoms with Crippen LogP contribution in [-0.4, -0.2) is 63.1 Å². The molecule has 7 heteroatoms. The number of para-hydroxylation sites is 2. The van der Waals surface area contributed by atoms with E-state index in [0.717, 1.165) is 61.9 Å². The molecule has 198 valence electrons. The molecule has 1 saturated carbocycles. The van der Waals surface area contributed by atoms with E-state index >= 15 is 0 Å². The Hall–Kier alpha value is -3.35. The number of nitrogens with zero attached hydrogens (tertiary/aromatic N) is 5. The van der Waals surface area contributed by atoms with Crippen molar-refractivity contribution in [1.82, 2.24) is 9.97 Å². The zero-order chi connectivity index (χ0) is 26.4. The number of piperazine rings is 1. The van der Waals surface area contributed by atoms with Gasteiger partial charge in [-0.25, -0.2) is 9.97 Å². The van der Waals surface area contributed by atoms with Crippen LogP contribution in [0.3, 0.4) is 0 Å². The summed E-state index contributed by atoms with van der Waals surface area (Å²) in [5.74, 6) is 4.20. The first-order valence-corrected chi connectivity index (χ1v) is 13.5. The molecule has 2 aromatic carbocycles. The smallest absolute Gasteiger partial charge is 0.142 e. The van der Waals surface area contributed by atoms with E-state index in [0.29, 0.717) is 18.3 Å². The Morgan fingerprint density at radius 2 is 1.73 bits per heavy atom. The summed E-state index contributed by atoms with van der Waals surface area (Å²) in [6.07, 6.45) is 3.93. The fraction of sp³-hybridized carbons (Fsp3) is 0.500.